The molecule has 2 heterocycles. The van der Waals surface area contributed by atoms with Crippen molar-refractivity contribution in [2.75, 3.05) is 13.2 Å². The van der Waals surface area contributed by atoms with Gasteiger partial charge in [-0.3, -0.25) is 0 Å². The molecule has 0 aromatic carbocycles. The topological polar surface area (TPSA) is 71.7 Å². The largest absolute Gasteiger partial charge is 0.475 e. The van der Waals surface area contributed by atoms with Gasteiger partial charge in [0.2, 0.25) is 5.76 Å². The minimum absolute atomic E-state index is 0.0263. The van der Waals surface area contributed by atoms with E-state index in [1.165, 1.54) is 19.1 Å². The summed E-state index contributed by atoms with van der Waals surface area (Å²) in [4.78, 5) is 10.8. The quantitative estimate of drug-likeness (QED) is 0.817. The van der Waals surface area contributed by atoms with E-state index in [1.54, 1.807) is 6.07 Å². The van der Waals surface area contributed by atoms with Gasteiger partial charge in [0.25, 0.3) is 0 Å². The Morgan fingerprint density at radius 3 is 3.18 bits per heavy atom. The highest BCUT2D eigenvalue weighted by Gasteiger charge is 2.16. The van der Waals surface area contributed by atoms with Crippen molar-refractivity contribution in [2.45, 2.75) is 31.9 Å². The smallest absolute Gasteiger partial charge is 0.372 e. The highest BCUT2D eigenvalue weighted by atomic mass is 16.5. The van der Waals surface area contributed by atoms with E-state index in [-0.39, 0.29) is 12.4 Å². The SMILES string of the molecule is O=C(O)c1occc1COCC1CCCCN1. The second-order valence-electron chi connectivity index (χ2n) is 4.24. The Bertz CT molecular complexity index is 368. The number of furan rings is 1. The van der Waals surface area contributed by atoms with Crippen molar-refractivity contribution < 1.29 is 19.1 Å². The molecule has 1 aromatic rings. The first-order valence-electron chi connectivity index (χ1n) is 5.88. The zero-order valence-electron chi connectivity index (χ0n) is 9.65. The fraction of sp³-hybridized carbons (Fsp3) is 0.583. The molecule has 2 rings (SSSR count). The summed E-state index contributed by atoms with van der Waals surface area (Å²) < 4.78 is 10.4. The van der Waals surface area contributed by atoms with Crippen molar-refractivity contribution in [1.82, 2.24) is 5.32 Å². The van der Waals surface area contributed by atoms with E-state index in [0.717, 1.165) is 13.0 Å². The van der Waals surface area contributed by atoms with Crippen LogP contribution in [0.2, 0.25) is 0 Å². The summed E-state index contributed by atoms with van der Waals surface area (Å²) in [7, 11) is 0. The predicted molar refractivity (Wildman–Crippen MR) is 61.0 cm³/mol. The monoisotopic (exact) mass is 239 g/mol. The zero-order valence-corrected chi connectivity index (χ0v) is 9.65. The molecule has 17 heavy (non-hydrogen) atoms. The Morgan fingerprint density at radius 2 is 2.47 bits per heavy atom. The molecule has 1 aliphatic rings. The van der Waals surface area contributed by atoms with Gasteiger partial charge < -0.3 is 19.6 Å². The number of ether oxygens (including phenoxy) is 1. The third-order valence-corrected chi connectivity index (χ3v) is 2.93. The summed E-state index contributed by atoms with van der Waals surface area (Å²) in [5.41, 5.74) is 0.591. The summed E-state index contributed by atoms with van der Waals surface area (Å²) in [6.07, 6.45) is 4.95. The maximum absolute atomic E-state index is 10.8. The van der Waals surface area contributed by atoms with Gasteiger partial charge in [0.05, 0.1) is 19.5 Å². The molecule has 1 unspecified atom stereocenters. The Labute approximate surface area is 99.8 Å². The van der Waals surface area contributed by atoms with Gasteiger partial charge in [0, 0.05) is 11.6 Å². The van der Waals surface area contributed by atoms with E-state index in [1.807, 2.05) is 0 Å². The summed E-state index contributed by atoms with van der Waals surface area (Å²) in [5, 5.41) is 12.2. The van der Waals surface area contributed by atoms with E-state index in [0.29, 0.717) is 18.2 Å². The Kier molecular flexibility index (Phi) is 4.17. The molecule has 1 atom stereocenters. The van der Waals surface area contributed by atoms with Crippen LogP contribution in [0.15, 0.2) is 16.7 Å². The molecule has 1 fully saturated rings. The lowest BCUT2D eigenvalue weighted by Crippen LogP contribution is -2.37. The van der Waals surface area contributed by atoms with E-state index in [9.17, 15) is 4.79 Å². The fourth-order valence-electron chi connectivity index (χ4n) is 2.01. The van der Waals surface area contributed by atoms with Gasteiger partial charge in [-0.15, -0.1) is 0 Å². The average molecular weight is 239 g/mol. The lowest BCUT2D eigenvalue weighted by Gasteiger charge is -2.23. The van der Waals surface area contributed by atoms with Crippen molar-refractivity contribution in [3.63, 3.8) is 0 Å². The molecule has 1 aromatic heterocycles. The molecule has 5 heteroatoms. The molecule has 0 saturated carbocycles. The van der Waals surface area contributed by atoms with Gasteiger partial charge in [-0.05, 0) is 25.5 Å². The van der Waals surface area contributed by atoms with Gasteiger partial charge in [0.15, 0.2) is 0 Å². The van der Waals surface area contributed by atoms with Crippen LogP contribution in [0.5, 0.6) is 0 Å². The van der Waals surface area contributed by atoms with Crippen LogP contribution < -0.4 is 5.32 Å². The van der Waals surface area contributed by atoms with Gasteiger partial charge >= 0.3 is 5.97 Å². The average Bonchev–Trinajstić information content (AvgIpc) is 2.79. The predicted octanol–water partition coefficient (Wildman–Crippen LogP) is 1.64. The first-order chi connectivity index (χ1) is 8.27. The molecule has 0 spiro atoms. The first-order valence-corrected chi connectivity index (χ1v) is 5.88. The second kappa shape index (κ2) is 5.84. The van der Waals surface area contributed by atoms with Crippen LogP contribution in [0.3, 0.4) is 0 Å². The zero-order chi connectivity index (χ0) is 12.1. The lowest BCUT2D eigenvalue weighted by atomic mass is 10.1. The van der Waals surface area contributed by atoms with E-state index in [4.69, 9.17) is 14.3 Å². The Morgan fingerprint density at radius 1 is 1.59 bits per heavy atom. The maximum Gasteiger partial charge on any atom is 0.372 e. The second-order valence-corrected chi connectivity index (χ2v) is 4.24. The molecular weight excluding hydrogens is 222 g/mol. The number of carboxylic acids is 1. The number of nitrogens with one attached hydrogen (secondary N) is 1. The van der Waals surface area contributed by atoms with Crippen molar-refractivity contribution in [1.29, 1.82) is 0 Å². The minimum atomic E-state index is -1.05. The number of hydrogen-bond donors (Lipinski definition) is 2. The number of hydrogen-bond acceptors (Lipinski definition) is 4. The van der Waals surface area contributed by atoms with Crippen LogP contribution in [-0.2, 0) is 11.3 Å². The summed E-state index contributed by atoms with van der Waals surface area (Å²) in [6.45, 7) is 1.95. The van der Waals surface area contributed by atoms with Crippen molar-refractivity contribution in [3.8, 4) is 0 Å². The highest BCUT2D eigenvalue weighted by molar-refractivity contribution is 5.85. The third-order valence-electron chi connectivity index (χ3n) is 2.93. The number of rotatable bonds is 5. The van der Waals surface area contributed by atoms with Gasteiger partial charge in [-0.25, -0.2) is 4.79 Å². The molecule has 94 valence electrons. The number of carboxylic acid groups (broad SMARTS) is 1. The summed E-state index contributed by atoms with van der Waals surface area (Å²) in [5.74, 6) is -1.08. The lowest BCUT2D eigenvalue weighted by molar-refractivity contribution is 0.0641. The van der Waals surface area contributed by atoms with Gasteiger partial charge in [0.1, 0.15) is 0 Å². The number of aromatic carboxylic acids is 1. The summed E-state index contributed by atoms with van der Waals surface area (Å²) >= 11 is 0. The van der Waals surface area contributed by atoms with Crippen LogP contribution in [0.1, 0.15) is 35.4 Å². The molecular formula is C12H17NO4. The molecule has 2 N–H and O–H groups in total. The van der Waals surface area contributed by atoms with Crippen LogP contribution in [0, 0.1) is 0 Å². The van der Waals surface area contributed by atoms with E-state index >= 15 is 0 Å². The molecule has 0 radical (unpaired) electrons. The summed E-state index contributed by atoms with van der Waals surface area (Å²) in [6, 6.07) is 2.03. The maximum atomic E-state index is 10.8. The molecule has 0 aliphatic carbocycles. The van der Waals surface area contributed by atoms with Crippen LogP contribution in [-0.4, -0.2) is 30.3 Å². The molecule has 0 amide bonds. The van der Waals surface area contributed by atoms with E-state index in [2.05, 4.69) is 5.32 Å². The van der Waals surface area contributed by atoms with Crippen molar-refractivity contribution in [2.24, 2.45) is 0 Å². The molecule has 5 nitrogen and oxygen atoms in total. The van der Waals surface area contributed by atoms with E-state index < -0.39 is 5.97 Å². The van der Waals surface area contributed by atoms with Crippen molar-refractivity contribution >= 4 is 5.97 Å². The molecule has 0 bridgehead atoms. The van der Waals surface area contributed by atoms with Crippen LogP contribution in [0.4, 0.5) is 0 Å². The number of piperidine rings is 1. The molecule has 1 saturated heterocycles. The van der Waals surface area contributed by atoms with Gasteiger partial charge in [-0.1, -0.05) is 6.42 Å². The van der Waals surface area contributed by atoms with Crippen molar-refractivity contribution in [3.05, 3.63) is 23.7 Å². The Balaban J connectivity index is 1.77. The van der Waals surface area contributed by atoms with Gasteiger partial charge in [-0.2, -0.15) is 0 Å². The minimum Gasteiger partial charge on any atom is -0.475 e. The number of carbonyl (C=O) groups is 1. The normalized spacial score (nSPS) is 20.4. The Hall–Kier alpha value is -1.33. The molecule has 1 aliphatic heterocycles. The first kappa shape index (κ1) is 12.1. The highest BCUT2D eigenvalue weighted by Crippen LogP contribution is 2.13. The van der Waals surface area contributed by atoms with Crippen LogP contribution in [0.25, 0.3) is 0 Å². The fourth-order valence-corrected chi connectivity index (χ4v) is 2.01. The third kappa shape index (κ3) is 3.31. The van der Waals surface area contributed by atoms with Crippen LogP contribution >= 0.6 is 0 Å². The standard InChI is InChI=1S/C12H17NO4/c14-12(15)11-9(4-6-17-11)7-16-8-10-3-1-2-5-13-10/h4,6,10,13H,1-3,5,7-8H2,(H,14,15).